The molecule has 5 nitrogen and oxygen atoms in total. The van der Waals surface area contributed by atoms with Crippen molar-refractivity contribution in [3.63, 3.8) is 0 Å². The Morgan fingerprint density at radius 3 is 2.39 bits per heavy atom. The maximum atomic E-state index is 4.47. The van der Waals surface area contributed by atoms with Gasteiger partial charge in [-0.1, -0.05) is 24.3 Å². The number of pyridine rings is 1. The number of nitrogens with zero attached hydrogens (tertiary/aromatic N) is 2. The smallest absolute Gasteiger partial charge is 0.116 e. The van der Waals surface area contributed by atoms with Gasteiger partial charge in [0, 0.05) is 33.7 Å². The maximum absolute atomic E-state index is 4.47. The third-order valence-corrected chi connectivity index (χ3v) is 4.71. The van der Waals surface area contributed by atoms with Crippen molar-refractivity contribution < 1.29 is 0 Å². The molecule has 0 spiro atoms. The Hall–Kier alpha value is -3.86. The SMILES string of the molecule is Cc1cc(Nc2cccc(Nc3ccccc3)c2)c2c(ccc3ncnc32)[nH]1. The molecule has 2 heterocycles. The van der Waals surface area contributed by atoms with Gasteiger partial charge in [-0.25, -0.2) is 9.97 Å². The molecule has 136 valence electrons. The molecule has 5 heteroatoms. The molecule has 0 amide bonds. The zero-order chi connectivity index (χ0) is 18.9. The molecule has 28 heavy (non-hydrogen) atoms. The minimum atomic E-state index is 0.896. The van der Waals surface area contributed by atoms with Crippen molar-refractivity contribution >= 4 is 44.7 Å². The number of hydrogen-bond donors (Lipinski definition) is 3. The number of fused-ring (bicyclic) bond motifs is 3. The van der Waals surface area contributed by atoms with Crippen molar-refractivity contribution in [3.05, 3.63) is 84.8 Å². The number of aromatic nitrogens is 3. The molecule has 0 saturated heterocycles. The minimum Gasteiger partial charge on any atom is -0.358 e. The second-order valence-electron chi connectivity index (χ2n) is 6.79. The van der Waals surface area contributed by atoms with E-state index in [-0.39, 0.29) is 0 Å². The van der Waals surface area contributed by atoms with Gasteiger partial charge in [0.2, 0.25) is 0 Å². The van der Waals surface area contributed by atoms with E-state index in [1.54, 1.807) is 6.33 Å². The Kier molecular flexibility index (Phi) is 3.91. The molecule has 0 bridgehead atoms. The highest BCUT2D eigenvalue weighted by molar-refractivity contribution is 6.10. The van der Waals surface area contributed by atoms with Crippen molar-refractivity contribution in [1.82, 2.24) is 15.0 Å². The van der Waals surface area contributed by atoms with Crippen molar-refractivity contribution in [1.29, 1.82) is 0 Å². The average molecular weight is 365 g/mol. The summed E-state index contributed by atoms with van der Waals surface area (Å²) in [6, 6.07) is 24.6. The van der Waals surface area contributed by atoms with Gasteiger partial charge in [0.15, 0.2) is 0 Å². The van der Waals surface area contributed by atoms with Crippen LogP contribution < -0.4 is 10.6 Å². The number of rotatable bonds is 4. The van der Waals surface area contributed by atoms with Crippen LogP contribution in [0.3, 0.4) is 0 Å². The normalized spacial score (nSPS) is 11.0. The van der Waals surface area contributed by atoms with E-state index in [0.717, 1.165) is 50.4 Å². The first-order valence-electron chi connectivity index (χ1n) is 9.18. The molecule has 0 unspecified atom stereocenters. The number of H-pyrrole nitrogens is 1. The van der Waals surface area contributed by atoms with E-state index in [0.29, 0.717) is 0 Å². The lowest BCUT2D eigenvalue weighted by molar-refractivity contribution is 1.26. The Morgan fingerprint density at radius 1 is 0.750 bits per heavy atom. The molecule has 3 aromatic carbocycles. The Morgan fingerprint density at radius 2 is 1.54 bits per heavy atom. The number of nitrogens with one attached hydrogen (secondary N) is 3. The van der Waals surface area contributed by atoms with Gasteiger partial charge in [-0.15, -0.1) is 0 Å². The fourth-order valence-electron chi connectivity index (χ4n) is 3.49. The lowest BCUT2D eigenvalue weighted by Crippen LogP contribution is -1.97. The third-order valence-electron chi connectivity index (χ3n) is 4.71. The summed E-state index contributed by atoms with van der Waals surface area (Å²) in [4.78, 5) is 12.2. The Bertz CT molecular complexity index is 1270. The van der Waals surface area contributed by atoms with Gasteiger partial charge in [-0.2, -0.15) is 0 Å². The lowest BCUT2D eigenvalue weighted by atomic mass is 10.1. The summed E-state index contributed by atoms with van der Waals surface area (Å²) in [7, 11) is 0. The van der Waals surface area contributed by atoms with Crippen LogP contribution in [0.15, 0.2) is 79.1 Å². The monoisotopic (exact) mass is 365 g/mol. The molecule has 5 aromatic rings. The first kappa shape index (κ1) is 16.3. The van der Waals surface area contributed by atoms with Crippen molar-refractivity contribution in [2.24, 2.45) is 0 Å². The summed E-state index contributed by atoms with van der Waals surface area (Å²) in [5.41, 5.74) is 8.00. The molecule has 3 N–H and O–H groups in total. The predicted octanol–water partition coefficient (Wildman–Crippen LogP) is 5.91. The fourth-order valence-corrected chi connectivity index (χ4v) is 3.49. The van der Waals surface area contributed by atoms with Crippen LogP contribution in [0.5, 0.6) is 0 Å². The molecule has 0 aliphatic rings. The van der Waals surface area contributed by atoms with Gasteiger partial charge in [0.05, 0.1) is 11.2 Å². The predicted molar refractivity (Wildman–Crippen MR) is 116 cm³/mol. The average Bonchev–Trinajstić information content (AvgIpc) is 3.17. The molecular weight excluding hydrogens is 346 g/mol. The Labute approximate surface area is 162 Å². The lowest BCUT2D eigenvalue weighted by Gasteiger charge is -2.14. The zero-order valence-electron chi connectivity index (χ0n) is 15.4. The Balaban J connectivity index is 1.55. The number of anilines is 4. The molecule has 0 aliphatic carbocycles. The molecule has 0 fully saturated rings. The summed E-state index contributed by atoms with van der Waals surface area (Å²) < 4.78 is 0. The van der Waals surface area contributed by atoms with E-state index in [1.165, 1.54) is 0 Å². The summed E-state index contributed by atoms with van der Waals surface area (Å²) in [5.74, 6) is 0. The van der Waals surface area contributed by atoms with Gasteiger partial charge < -0.3 is 15.6 Å². The van der Waals surface area contributed by atoms with Crippen LogP contribution in [-0.2, 0) is 0 Å². The first-order chi connectivity index (χ1) is 13.8. The van der Waals surface area contributed by atoms with E-state index < -0.39 is 0 Å². The van der Waals surface area contributed by atoms with Crippen LogP contribution in [0.4, 0.5) is 22.7 Å². The number of para-hydroxylation sites is 1. The summed E-state index contributed by atoms with van der Waals surface area (Å²) in [6.07, 6.45) is 1.61. The van der Waals surface area contributed by atoms with E-state index in [4.69, 9.17) is 0 Å². The molecule has 0 radical (unpaired) electrons. The van der Waals surface area contributed by atoms with Gasteiger partial charge in [0.25, 0.3) is 0 Å². The second-order valence-corrected chi connectivity index (χ2v) is 6.79. The van der Waals surface area contributed by atoms with Crippen LogP contribution >= 0.6 is 0 Å². The van der Waals surface area contributed by atoms with Gasteiger partial charge in [-0.05, 0) is 55.5 Å². The standard InChI is InChI=1S/C23H19N5/c1-15-12-21(22-19(26-15)10-11-20-23(22)25-14-24-20)28-18-9-5-8-17(13-18)27-16-6-3-2-4-7-16/h2-14,26-28H,1H3. The summed E-state index contributed by atoms with van der Waals surface area (Å²) in [6.45, 7) is 2.05. The van der Waals surface area contributed by atoms with Gasteiger partial charge in [-0.3, -0.25) is 0 Å². The molecule has 0 atom stereocenters. The van der Waals surface area contributed by atoms with Crippen LogP contribution in [0.25, 0.3) is 21.9 Å². The van der Waals surface area contributed by atoms with E-state index >= 15 is 0 Å². The van der Waals surface area contributed by atoms with Crippen LogP contribution in [-0.4, -0.2) is 15.0 Å². The largest absolute Gasteiger partial charge is 0.358 e. The highest BCUT2D eigenvalue weighted by Gasteiger charge is 2.10. The first-order valence-corrected chi connectivity index (χ1v) is 9.18. The van der Waals surface area contributed by atoms with Crippen molar-refractivity contribution in [2.75, 3.05) is 10.6 Å². The molecular formula is C23H19N5. The van der Waals surface area contributed by atoms with Crippen LogP contribution in [0.1, 0.15) is 5.69 Å². The highest BCUT2D eigenvalue weighted by atomic mass is 14.9. The van der Waals surface area contributed by atoms with Crippen molar-refractivity contribution in [3.8, 4) is 0 Å². The molecule has 0 aliphatic heterocycles. The van der Waals surface area contributed by atoms with E-state index in [1.807, 2.05) is 30.3 Å². The highest BCUT2D eigenvalue weighted by Crippen LogP contribution is 2.32. The van der Waals surface area contributed by atoms with Gasteiger partial charge in [0.1, 0.15) is 11.8 Å². The number of benzene rings is 3. The molecule has 5 rings (SSSR count). The summed E-state index contributed by atoms with van der Waals surface area (Å²) >= 11 is 0. The second kappa shape index (κ2) is 6.70. The van der Waals surface area contributed by atoms with Crippen LogP contribution in [0.2, 0.25) is 0 Å². The number of hydrogen-bond acceptors (Lipinski definition) is 4. The fraction of sp³-hybridized carbons (Fsp3) is 0.0435. The minimum absolute atomic E-state index is 0.896. The van der Waals surface area contributed by atoms with Crippen LogP contribution in [0, 0.1) is 6.92 Å². The molecule has 0 saturated carbocycles. The number of aryl methyl sites for hydroxylation is 1. The third kappa shape index (κ3) is 3.03. The summed E-state index contributed by atoms with van der Waals surface area (Å²) in [5, 5.41) is 8.05. The topological polar surface area (TPSA) is 65.6 Å². The van der Waals surface area contributed by atoms with E-state index in [2.05, 4.69) is 75.0 Å². The number of aromatic amines is 1. The molecule has 2 aromatic heterocycles. The quantitative estimate of drug-likeness (QED) is 0.370. The zero-order valence-corrected chi connectivity index (χ0v) is 15.4. The van der Waals surface area contributed by atoms with Gasteiger partial charge >= 0.3 is 0 Å². The van der Waals surface area contributed by atoms with Crippen molar-refractivity contribution in [2.45, 2.75) is 6.92 Å². The number of imidazole rings is 1. The van der Waals surface area contributed by atoms with E-state index in [9.17, 15) is 0 Å². The maximum Gasteiger partial charge on any atom is 0.116 e.